The van der Waals surface area contributed by atoms with E-state index >= 15 is 0 Å². The fraction of sp³-hybridized carbons (Fsp3) is 0.538. The van der Waals surface area contributed by atoms with Crippen molar-refractivity contribution in [2.45, 2.75) is 44.1 Å². The second-order valence-corrected chi connectivity index (χ2v) is 5.02. The van der Waals surface area contributed by atoms with Crippen LogP contribution in [-0.4, -0.2) is 22.1 Å². The van der Waals surface area contributed by atoms with Crippen LogP contribution in [0.25, 0.3) is 0 Å². The van der Waals surface area contributed by atoms with Crippen molar-refractivity contribution in [1.29, 1.82) is 0 Å². The summed E-state index contributed by atoms with van der Waals surface area (Å²) in [6, 6.07) is 2.41. The first-order chi connectivity index (χ1) is 8.24. The van der Waals surface area contributed by atoms with Gasteiger partial charge in [-0.2, -0.15) is 0 Å². The van der Waals surface area contributed by atoms with Gasteiger partial charge in [-0.15, -0.1) is 0 Å². The van der Waals surface area contributed by atoms with Gasteiger partial charge in [0, 0.05) is 12.2 Å². The van der Waals surface area contributed by atoms with Gasteiger partial charge in [0.15, 0.2) is 5.69 Å². The first-order valence-electron chi connectivity index (χ1n) is 6.24. The van der Waals surface area contributed by atoms with Crippen molar-refractivity contribution in [2.24, 2.45) is 0 Å². The predicted molar refractivity (Wildman–Crippen MR) is 64.4 cm³/mol. The van der Waals surface area contributed by atoms with Crippen molar-refractivity contribution < 1.29 is 9.90 Å². The van der Waals surface area contributed by atoms with Crippen molar-refractivity contribution in [3.63, 3.8) is 0 Å². The van der Waals surface area contributed by atoms with Crippen LogP contribution >= 0.6 is 0 Å². The van der Waals surface area contributed by atoms with Gasteiger partial charge in [-0.25, -0.2) is 9.78 Å². The number of rotatable bonds is 4. The highest BCUT2D eigenvalue weighted by molar-refractivity contribution is 5.92. The zero-order valence-corrected chi connectivity index (χ0v) is 9.65. The first-order valence-corrected chi connectivity index (χ1v) is 6.24. The van der Waals surface area contributed by atoms with Crippen LogP contribution in [0, 0.1) is 0 Å². The molecule has 0 saturated heterocycles. The maximum absolute atomic E-state index is 11.1. The molecule has 0 aliphatic heterocycles. The summed E-state index contributed by atoms with van der Waals surface area (Å²) in [6.07, 6.45) is 7.62. The zero-order chi connectivity index (χ0) is 11.8. The summed E-state index contributed by atoms with van der Waals surface area (Å²) in [6.45, 7) is 0. The molecule has 2 N–H and O–H groups in total. The Hall–Kier alpha value is -1.58. The van der Waals surface area contributed by atoms with Crippen LogP contribution in [0.15, 0.2) is 12.3 Å². The van der Waals surface area contributed by atoms with E-state index in [1.807, 2.05) is 6.07 Å². The number of anilines is 1. The number of carbonyl (C=O) groups is 1. The zero-order valence-electron chi connectivity index (χ0n) is 9.65. The third-order valence-electron chi connectivity index (χ3n) is 3.62. The molecular formula is C13H16N2O2. The van der Waals surface area contributed by atoms with E-state index in [1.54, 1.807) is 6.20 Å². The number of nitrogens with zero attached hydrogens (tertiary/aromatic N) is 1. The Bertz CT molecular complexity index is 451. The summed E-state index contributed by atoms with van der Waals surface area (Å²) >= 11 is 0. The van der Waals surface area contributed by atoms with E-state index in [-0.39, 0.29) is 5.69 Å². The highest BCUT2D eigenvalue weighted by atomic mass is 16.4. The summed E-state index contributed by atoms with van der Waals surface area (Å²) in [4.78, 5) is 15.2. The molecular weight excluding hydrogens is 216 g/mol. The smallest absolute Gasteiger partial charge is 0.356 e. The van der Waals surface area contributed by atoms with E-state index < -0.39 is 5.97 Å². The maximum atomic E-state index is 11.1. The molecule has 3 rings (SSSR count). The molecule has 2 saturated carbocycles. The van der Waals surface area contributed by atoms with Gasteiger partial charge in [0.2, 0.25) is 0 Å². The third kappa shape index (κ3) is 2.12. The standard InChI is InChI=1S/C13H16N2O2/c16-13(17)12-11(15-10-2-1-3-10)6-9(7-14-12)8-4-5-8/h6-8,10,15H,1-5H2,(H,16,17). The van der Waals surface area contributed by atoms with Crippen LogP contribution in [0.5, 0.6) is 0 Å². The number of pyridine rings is 1. The van der Waals surface area contributed by atoms with Crippen molar-refractivity contribution in [1.82, 2.24) is 4.98 Å². The molecule has 0 spiro atoms. The molecule has 17 heavy (non-hydrogen) atoms. The highest BCUT2D eigenvalue weighted by Crippen LogP contribution is 2.41. The molecule has 1 heterocycles. The third-order valence-corrected chi connectivity index (χ3v) is 3.62. The second-order valence-electron chi connectivity index (χ2n) is 5.02. The normalized spacial score (nSPS) is 19.8. The largest absolute Gasteiger partial charge is 0.476 e. The van der Waals surface area contributed by atoms with E-state index in [2.05, 4.69) is 10.3 Å². The highest BCUT2D eigenvalue weighted by Gasteiger charge is 2.26. The monoisotopic (exact) mass is 232 g/mol. The molecule has 1 aromatic rings. The Morgan fingerprint density at radius 2 is 2.12 bits per heavy atom. The average Bonchev–Trinajstić information content (AvgIpc) is 3.06. The van der Waals surface area contributed by atoms with Crippen LogP contribution in [0.1, 0.15) is 54.1 Å². The summed E-state index contributed by atoms with van der Waals surface area (Å²) in [5.41, 5.74) is 2.03. The van der Waals surface area contributed by atoms with Crippen molar-refractivity contribution in [3.05, 3.63) is 23.5 Å². The Labute approximate surface area is 100 Å². The molecule has 90 valence electrons. The van der Waals surface area contributed by atoms with Crippen LogP contribution < -0.4 is 5.32 Å². The summed E-state index contributed by atoms with van der Waals surface area (Å²) < 4.78 is 0. The van der Waals surface area contributed by atoms with Crippen molar-refractivity contribution >= 4 is 11.7 Å². The van der Waals surface area contributed by atoms with Gasteiger partial charge in [-0.1, -0.05) is 0 Å². The number of aromatic carboxylic acids is 1. The molecule has 0 amide bonds. The molecule has 4 nitrogen and oxygen atoms in total. The van der Waals surface area contributed by atoms with Gasteiger partial charge < -0.3 is 10.4 Å². The summed E-state index contributed by atoms with van der Waals surface area (Å²) in [5, 5.41) is 12.4. The second kappa shape index (κ2) is 4.02. The number of carboxylic acid groups (broad SMARTS) is 1. The molecule has 2 aliphatic rings. The molecule has 0 radical (unpaired) electrons. The number of aromatic nitrogens is 1. The van der Waals surface area contributed by atoms with Gasteiger partial charge in [-0.05, 0) is 49.7 Å². The van der Waals surface area contributed by atoms with Crippen molar-refractivity contribution in [3.8, 4) is 0 Å². The quantitative estimate of drug-likeness (QED) is 0.837. The fourth-order valence-corrected chi connectivity index (χ4v) is 2.17. The van der Waals surface area contributed by atoms with Crippen molar-refractivity contribution in [2.75, 3.05) is 5.32 Å². The van der Waals surface area contributed by atoms with Gasteiger partial charge >= 0.3 is 5.97 Å². The first kappa shape index (κ1) is 10.6. The SMILES string of the molecule is O=C(O)c1ncc(C2CC2)cc1NC1CCC1. The number of nitrogens with one attached hydrogen (secondary N) is 1. The van der Waals surface area contributed by atoms with Crippen LogP contribution in [0.2, 0.25) is 0 Å². The van der Waals surface area contributed by atoms with E-state index in [0.717, 1.165) is 12.8 Å². The van der Waals surface area contributed by atoms with E-state index in [1.165, 1.54) is 24.8 Å². The molecule has 0 aromatic carbocycles. The lowest BCUT2D eigenvalue weighted by Crippen LogP contribution is -2.28. The van der Waals surface area contributed by atoms with Crippen LogP contribution in [-0.2, 0) is 0 Å². The molecule has 4 heteroatoms. The van der Waals surface area contributed by atoms with Gasteiger partial charge in [0.05, 0.1) is 5.69 Å². The molecule has 0 atom stereocenters. The molecule has 0 bridgehead atoms. The van der Waals surface area contributed by atoms with Crippen LogP contribution in [0.3, 0.4) is 0 Å². The van der Waals surface area contributed by atoms with Gasteiger partial charge in [0.25, 0.3) is 0 Å². The Balaban J connectivity index is 1.88. The van der Waals surface area contributed by atoms with E-state index in [0.29, 0.717) is 17.6 Å². The topological polar surface area (TPSA) is 62.2 Å². The average molecular weight is 232 g/mol. The molecule has 1 aromatic heterocycles. The number of hydrogen-bond acceptors (Lipinski definition) is 3. The lowest BCUT2D eigenvalue weighted by atomic mass is 9.93. The molecule has 0 unspecified atom stereocenters. The Morgan fingerprint density at radius 3 is 2.65 bits per heavy atom. The maximum Gasteiger partial charge on any atom is 0.356 e. The van der Waals surface area contributed by atoms with Gasteiger partial charge in [0.1, 0.15) is 0 Å². The summed E-state index contributed by atoms with van der Waals surface area (Å²) in [5.74, 6) is -0.346. The Kier molecular flexibility index (Phi) is 2.50. The molecule has 2 fully saturated rings. The number of hydrogen-bond donors (Lipinski definition) is 2. The van der Waals surface area contributed by atoms with E-state index in [4.69, 9.17) is 5.11 Å². The minimum atomic E-state index is -0.950. The minimum Gasteiger partial charge on any atom is -0.476 e. The van der Waals surface area contributed by atoms with Gasteiger partial charge in [-0.3, -0.25) is 0 Å². The van der Waals surface area contributed by atoms with Crippen LogP contribution in [0.4, 0.5) is 5.69 Å². The van der Waals surface area contributed by atoms with E-state index in [9.17, 15) is 4.79 Å². The minimum absolute atomic E-state index is 0.154. The lowest BCUT2D eigenvalue weighted by Gasteiger charge is -2.28. The fourth-order valence-electron chi connectivity index (χ4n) is 2.17. The predicted octanol–water partition coefficient (Wildman–Crippen LogP) is 2.62. The lowest BCUT2D eigenvalue weighted by molar-refractivity contribution is 0.0691. The Morgan fingerprint density at radius 1 is 1.35 bits per heavy atom. The molecule has 2 aliphatic carbocycles. The number of carboxylic acids is 1. The summed E-state index contributed by atoms with van der Waals surface area (Å²) in [7, 11) is 0.